The Balaban J connectivity index is 2.18. The Hall–Kier alpha value is -3.18. The van der Waals surface area contributed by atoms with E-state index >= 15 is 0 Å². The fourth-order valence-corrected chi connectivity index (χ4v) is 4.11. The molecule has 1 N–H and O–H groups in total. The lowest BCUT2D eigenvalue weighted by atomic mass is 10.2. The number of hydrogen-bond donors (Lipinski definition) is 1. The number of nitrogens with zero attached hydrogens (tertiary/aromatic N) is 3. The molecule has 2 rings (SSSR count). The number of carbonyl (C=O) groups excluding carboxylic acids is 1. The molecule has 0 saturated heterocycles. The average molecular weight is 451 g/mol. The SMILES string of the molecule is CCN(CC)S(=O)(=O)c1ccc(N/N=C/c2cc(OC)c(OC(C)=O)c(OC)c2)nc1. The third-order valence-corrected chi connectivity index (χ3v) is 6.23. The van der Waals surface area contributed by atoms with Crippen LogP contribution in [0.5, 0.6) is 17.2 Å². The summed E-state index contributed by atoms with van der Waals surface area (Å²) in [7, 11) is -0.682. The van der Waals surface area contributed by atoms with Crippen molar-refractivity contribution in [3.8, 4) is 17.2 Å². The summed E-state index contributed by atoms with van der Waals surface area (Å²) in [6.45, 7) is 5.60. The maximum Gasteiger partial charge on any atom is 0.308 e. The number of sulfonamides is 1. The quantitative estimate of drug-likeness (QED) is 0.254. The van der Waals surface area contributed by atoms with Crippen molar-refractivity contribution in [2.24, 2.45) is 5.10 Å². The van der Waals surface area contributed by atoms with Crippen molar-refractivity contribution in [1.82, 2.24) is 9.29 Å². The zero-order valence-electron chi connectivity index (χ0n) is 18.1. The highest BCUT2D eigenvalue weighted by molar-refractivity contribution is 7.89. The van der Waals surface area contributed by atoms with Gasteiger partial charge in [0.25, 0.3) is 0 Å². The minimum absolute atomic E-state index is 0.112. The topological polar surface area (TPSA) is 119 Å². The van der Waals surface area contributed by atoms with Crippen LogP contribution in [0.1, 0.15) is 26.3 Å². The summed E-state index contributed by atoms with van der Waals surface area (Å²) >= 11 is 0. The Labute approximate surface area is 181 Å². The molecule has 10 nitrogen and oxygen atoms in total. The number of nitrogens with one attached hydrogen (secondary N) is 1. The molecular formula is C20H26N4O6S. The normalized spacial score (nSPS) is 11.5. The van der Waals surface area contributed by atoms with Crippen molar-refractivity contribution in [2.75, 3.05) is 32.7 Å². The molecule has 0 bridgehead atoms. The van der Waals surface area contributed by atoms with Gasteiger partial charge in [-0.15, -0.1) is 0 Å². The number of carbonyl (C=O) groups is 1. The number of ether oxygens (including phenoxy) is 3. The summed E-state index contributed by atoms with van der Waals surface area (Å²) in [5.41, 5.74) is 3.34. The first-order valence-corrected chi connectivity index (χ1v) is 10.9. The lowest BCUT2D eigenvalue weighted by Gasteiger charge is -2.18. The number of pyridine rings is 1. The second kappa shape index (κ2) is 10.7. The molecule has 0 saturated carbocycles. The number of hydrazone groups is 1. The maximum absolute atomic E-state index is 12.5. The highest BCUT2D eigenvalue weighted by Crippen LogP contribution is 2.38. The summed E-state index contributed by atoms with van der Waals surface area (Å²) in [4.78, 5) is 15.5. The van der Waals surface area contributed by atoms with Gasteiger partial charge in [0.2, 0.25) is 15.8 Å². The van der Waals surface area contributed by atoms with E-state index < -0.39 is 16.0 Å². The molecule has 0 atom stereocenters. The molecule has 0 aliphatic rings. The highest BCUT2D eigenvalue weighted by Gasteiger charge is 2.21. The van der Waals surface area contributed by atoms with E-state index in [2.05, 4.69) is 15.5 Å². The molecule has 0 aliphatic heterocycles. The van der Waals surface area contributed by atoms with Crippen LogP contribution in [-0.4, -0.2) is 57.2 Å². The molecule has 0 aliphatic carbocycles. The molecule has 2 aromatic rings. The molecule has 1 aromatic heterocycles. The first-order valence-electron chi connectivity index (χ1n) is 9.46. The Morgan fingerprint density at radius 3 is 2.23 bits per heavy atom. The van der Waals surface area contributed by atoms with Gasteiger partial charge in [0.1, 0.15) is 10.7 Å². The molecule has 0 unspecified atom stereocenters. The largest absolute Gasteiger partial charge is 0.493 e. The van der Waals surface area contributed by atoms with E-state index in [1.807, 2.05) is 0 Å². The van der Waals surface area contributed by atoms with Crippen LogP contribution < -0.4 is 19.6 Å². The predicted molar refractivity (Wildman–Crippen MR) is 116 cm³/mol. The molecular weight excluding hydrogens is 424 g/mol. The predicted octanol–water partition coefficient (Wildman–Crippen LogP) is 2.50. The van der Waals surface area contributed by atoms with Gasteiger partial charge in [0.15, 0.2) is 11.5 Å². The van der Waals surface area contributed by atoms with Gasteiger partial charge in [-0.2, -0.15) is 9.41 Å². The van der Waals surface area contributed by atoms with E-state index in [-0.39, 0.29) is 10.6 Å². The summed E-state index contributed by atoms with van der Waals surface area (Å²) in [5, 5.41) is 4.10. The number of rotatable bonds is 10. The molecule has 0 amide bonds. The lowest BCUT2D eigenvalue weighted by molar-refractivity contribution is -0.132. The van der Waals surface area contributed by atoms with Crippen molar-refractivity contribution in [3.63, 3.8) is 0 Å². The number of methoxy groups -OCH3 is 2. The van der Waals surface area contributed by atoms with E-state index in [0.717, 1.165) is 0 Å². The van der Waals surface area contributed by atoms with Crippen molar-refractivity contribution >= 4 is 28.0 Å². The van der Waals surface area contributed by atoms with E-state index in [1.165, 1.54) is 50.0 Å². The minimum atomic E-state index is -3.57. The molecule has 0 fully saturated rings. The summed E-state index contributed by atoms with van der Waals surface area (Å²) < 4.78 is 42.0. The number of benzene rings is 1. The smallest absolute Gasteiger partial charge is 0.308 e. The molecule has 0 radical (unpaired) electrons. The first kappa shape index (κ1) is 24.1. The van der Waals surface area contributed by atoms with Gasteiger partial charge in [-0.05, 0) is 24.3 Å². The molecule has 1 aromatic carbocycles. The van der Waals surface area contributed by atoms with Crippen LogP contribution in [0.3, 0.4) is 0 Å². The number of esters is 1. The van der Waals surface area contributed by atoms with Crippen LogP contribution in [0.4, 0.5) is 5.82 Å². The Morgan fingerprint density at radius 1 is 1.16 bits per heavy atom. The minimum Gasteiger partial charge on any atom is -0.493 e. The second-order valence-corrected chi connectivity index (χ2v) is 8.12. The zero-order chi connectivity index (χ0) is 23.0. The van der Waals surface area contributed by atoms with Crippen LogP contribution in [-0.2, 0) is 14.8 Å². The van der Waals surface area contributed by atoms with Crippen molar-refractivity contribution < 1.29 is 27.4 Å². The van der Waals surface area contributed by atoms with Crippen LogP contribution in [0.25, 0.3) is 0 Å². The van der Waals surface area contributed by atoms with E-state index in [0.29, 0.717) is 36.0 Å². The Morgan fingerprint density at radius 2 is 1.77 bits per heavy atom. The molecule has 31 heavy (non-hydrogen) atoms. The van der Waals surface area contributed by atoms with Crippen LogP contribution in [0.2, 0.25) is 0 Å². The average Bonchev–Trinajstić information content (AvgIpc) is 2.75. The highest BCUT2D eigenvalue weighted by atomic mass is 32.2. The van der Waals surface area contributed by atoms with E-state index in [1.54, 1.807) is 26.0 Å². The van der Waals surface area contributed by atoms with Crippen molar-refractivity contribution in [1.29, 1.82) is 0 Å². The van der Waals surface area contributed by atoms with E-state index in [9.17, 15) is 13.2 Å². The van der Waals surface area contributed by atoms with Gasteiger partial charge in [0.05, 0.1) is 20.4 Å². The third kappa shape index (κ3) is 5.92. The summed E-state index contributed by atoms with van der Waals surface area (Å²) in [6, 6.07) is 6.25. The number of aromatic nitrogens is 1. The monoisotopic (exact) mass is 450 g/mol. The van der Waals surface area contributed by atoms with Crippen LogP contribution in [0, 0.1) is 0 Å². The Kier molecular flexibility index (Phi) is 8.34. The van der Waals surface area contributed by atoms with Gasteiger partial charge < -0.3 is 14.2 Å². The van der Waals surface area contributed by atoms with E-state index in [4.69, 9.17) is 14.2 Å². The van der Waals surface area contributed by atoms with Gasteiger partial charge in [0, 0.05) is 31.8 Å². The Bertz CT molecular complexity index is 1010. The zero-order valence-corrected chi connectivity index (χ0v) is 18.9. The number of hydrogen-bond acceptors (Lipinski definition) is 9. The molecule has 11 heteroatoms. The van der Waals surface area contributed by atoms with Gasteiger partial charge >= 0.3 is 5.97 Å². The van der Waals surface area contributed by atoms with Gasteiger partial charge in [-0.1, -0.05) is 13.8 Å². The third-order valence-electron chi connectivity index (χ3n) is 4.20. The summed E-state index contributed by atoms with van der Waals surface area (Å²) in [6.07, 6.45) is 2.77. The molecule has 0 spiro atoms. The standard InChI is InChI=1S/C20H26N4O6S/c1-6-24(7-2)31(26,27)16-8-9-19(21-13-16)23-22-12-15-10-17(28-4)20(30-14(3)25)18(11-15)29-5/h8-13H,6-7H2,1-5H3,(H,21,23)/b22-12+. The fourth-order valence-electron chi connectivity index (χ4n) is 2.70. The van der Waals surface area contributed by atoms with Crippen molar-refractivity contribution in [3.05, 3.63) is 36.0 Å². The van der Waals surface area contributed by atoms with Crippen molar-refractivity contribution in [2.45, 2.75) is 25.7 Å². The fraction of sp³-hybridized carbons (Fsp3) is 0.350. The van der Waals surface area contributed by atoms with Gasteiger partial charge in [-0.25, -0.2) is 13.4 Å². The molecule has 168 valence electrons. The van der Waals surface area contributed by atoms with Gasteiger partial charge in [-0.3, -0.25) is 10.2 Å². The summed E-state index contributed by atoms with van der Waals surface area (Å²) in [5.74, 6) is 0.650. The maximum atomic E-state index is 12.5. The second-order valence-electron chi connectivity index (χ2n) is 6.19. The van der Waals surface area contributed by atoms with Crippen LogP contribution >= 0.6 is 0 Å². The first-order chi connectivity index (χ1) is 14.8. The molecule has 1 heterocycles. The lowest BCUT2D eigenvalue weighted by Crippen LogP contribution is -2.30. The van der Waals surface area contributed by atoms with Crippen LogP contribution in [0.15, 0.2) is 40.5 Å². The number of anilines is 1.